The molecule has 0 aromatic heterocycles. The van der Waals surface area contributed by atoms with Crippen LogP contribution in [0.1, 0.15) is 28.3 Å². The van der Waals surface area contributed by atoms with Crippen LogP contribution in [0.2, 0.25) is 0 Å². The minimum Gasteiger partial charge on any atom is -0.395 e. The summed E-state index contributed by atoms with van der Waals surface area (Å²) in [5.74, 6) is 0. The topological polar surface area (TPSA) is 52.6 Å². The predicted octanol–water partition coefficient (Wildman–Crippen LogP) is 5.41. The summed E-state index contributed by atoms with van der Waals surface area (Å²) in [6.07, 6.45) is 0. The molecule has 0 bridgehead atoms. The lowest BCUT2D eigenvalue weighted by atomic mass is 9.98. The molecule has 1 unspecified atom stereocenters. The molecule has 0 saturated carbocycles. The van der Waals surface area contributed by atoms with Gasteiger partial charge in [0.2, 0.25) is 0 Å². The van der Waals surface area contributed by atoms with E-state index < -0.39 is 11.0 Å². The molecule has 4 rings (SSSR count). The first-order valence-corrected chi connectivity index (χ1v) is 13.0. The first-order valence-electron chi connectivity index (χ1n) is 11.9. The number of benzene rings is 4. The smallest absolute Gasteiger partial charge is 0.125 e. The predicted molar refractivity (Wildman–Crippen MR) is 143 cm³/mol. The molecule has 35 heavy (non-hydrogen) atoms. The zero-order chi connectivity index (χ0) is 24.5. The molecule has 2 N–H and O–H groups in total. The Morgan fingerprint density at radius 2 is 1.23 bits per heavy atom. The van der Waals surface area contributed by atoms with Crippen LogP contribution in [0.3, 0.4) is 0 Å². The van der Waals surface area contributed by atoms with Crippen molar-refractivity contribution in [3.63, 3.8) is 0 Å². The largest absolute Gasteiger partial charge is 0.395 e. The maximum absolute atomic E-state index is 13.4. The molecule has 0 amide bonds. The molecule has 0 aliphatic rings. The van der Waals surface area contributed by atoms with E-state index in [-0.39, 0.29) is 18.7 Å². The minimum atomic E-state index is -1.44. The van der Waals surface area contributed by atoms with E-state index in [9.17, 15) is 9.32 Å². The maximum atomic E-state index is 13.4. The zero-order valence-corrected chi connectivity index (χ0v) is 20.8. The molecule has 4 nitrogen and oxygen atoms in total. The summed E-state index contributed by atoms with van der Waals surface area (Å²) in [6, 6.07) is 37.6. The standard InChI is InChI=1S/C30H32N2O2S/c1-24-17-19-28(20-18-24)35(34)31-30(27-15-9-4-10-16-27)29(23-33)32(21-25-11-5-2-6-12-25)22-26-13-7-3-8-14-26/h2-20,29-31,33H,21-23H2,1H3/t29-,30+,35?/m1/s1. The van der Waals surface area contributed by atoms with E-state index in [1.165, 1.54) is 0 Å². The average molecular weight is 485 g/mol. The number of hydrogen-bond acceptors (Lipinski definition) is 3. The van der Waals surface area contributed by atoms with Gasteiger partial charge in [0.1, 0.15) is 11.0 Å². The average Bonchev–Trinajstić information content (AvgIpc) is 2.90. The van der Waals surface area contributed by atoms with E-state index in [1.54, 1.807) is 0 Å². The molecule has 4 aromatic rings. The summed E-state index contributed by atoms with van der Waals surface area (Å²) in [5, 5.41) is 10.7. The Kier molecular flexibility index (Phi) is 8.98. The lowest BCUT2D eigenvalue weighted by Crippen LogP contribution is -2.46. The van der Waals surface area contributed by atoms with Crippen molar-refractivity contribution in [1.82, 2.24) is 9.62 Å². The molecule has 0 spiro atoms. The third kappa shape index (κ3) is 6.96. The molecule has 0 radical (unpaired) electrons. The van der Waals surface area contributed by atoms with Gasteiger partial charge in [-0.2, -0.15) is 0 Å². The number of aliphatic hydroxyl groups excluding tert-OH is 1. The first kappa shape index (κ1) is 25.0. The Hall–Kier alpha value is -3.09. The lowest BCUT2D eigenvalue weighted by molar-refractivity contribution is 0.0871. The minimum absolute atomic E-state index is 0.0860. The van der Waals surface area contributed by atoms with Gasteiger partial charge in [0.25, 0.3) is 0 Å². The number of nitrogens with zero attached hydrogens (tertiary/aromatic N) is 1. The van der Waals surface area contributed by atoms with Gasteiger partial charge in [0.15, 0.2) is 0 Å². The summed E-state index contributed by atoms with van der Waals surface area (Å²) in [4.78, 5) is 2.98. The van der Waals surface area contributed by atoms with Crippen LogP contribution in [0.4, 0.5) is 0 Å². The third-order valence-corrected chi connectivity index (χ3v) is 7.29. The van der Waals surface area contributed by atoms with Crippen LogP contribution in [-0.4, -0.2) is 26.9 Å². The summed E-state index contributed by atoms with van der Waals surface area (Å²) >= 11 is 0. The lowest BCUT2D eigenvalue weighted by Gasteiger charge is -2.36. The van der Waals surface area contributed by atoms with Crippen molar-refractivity contribution in [2.24, 2.45) is 0 Å². The van der Waals surface area contributed by atoms with Crippen LogP contribution in [0, 0.1) is 6.92 Å². The van der Waals surface area contributed by atoms with Crippen LogP contribution in [0.15, 0.2) is 120 Å². The van der Waals surface area contributed by atoms with Crippen LogP contribution >= 0.6 is 0 Å². The second-order valence-corrected chi connectivity index (χ2v) is 9.96. The number of aliphatic hydroxyl groups is 1. The van der Waals surface area contributed by atoms with Gasteiger partial charge < -0.3 is 5.11 Å². The molecular weight excluding hydrogens is 452 g/mol. The van der Waals surface area contributed by atoms with Crippen LogP contribution in [-0.2, 0) is 24.1 Å². The van der Waals surface area contributed by atoms with E-state index in [0.29, 0.717) is 18.0 Å². The number of rotatable bonds is 11. The Labute approximate surface area is 210 Å². The Morgan fingerprint density at radius 1 is 0.743 bits per heavy atom. The van der Waals surface area contributed by atoms with Gasteiger partial charge in [-0.1, -0.05) is 109 Å². The Morgan fingerprint density at radius 3 is 1.71 bits per heavy atom. The third-order valence-electron chi connectivity index (χ3n) is 6.13. The van der Waals surface area contributed by atoms with Crippen LogP contribution in [0.25, 0.3) is 0 Å². The molecule has 0 saturated heterocycles. The van der Waals surface area contributed by atoms with Crippen LogP contribution < -0.4 is 4.72 Å². The van der Waals surface area contributed by atoms with Crippen molar-refractivity contribution in [1.29, 1.82) is 0 Å². The highest BCUT2D eigenvalue weighted by Gasteiger charge is 2.30. The SMILES string of the molecule is Cc1ccc(S(=O)N[C@@H](c2ccccc2)[C@@H](CO)N(Cc2ccccc2)Cc2ccccc2)cc1. The fraction of sp³-hybridized carbons (Fsp3) is 0.200. The highest BCUT2D eigenvalue weighted by atomic mass is 32.2. The quantitative estimate of drug-likeness (QED) is 0.299. The maximum Gasteiger partial charge on any atom is 0.125 e. The van der Waals surface area contributed by atoms with Gasteiger partial charge in [0.05, 0.1) is 23.6 Å². The fourth-order valence-electron chi connectivity index (χ4n) is 4.23. The van der Waals surface area contributed by atoms with Gasteiger partial charge in [-0.05, 0) is 35.7 Å². The second-order valence-electron chi connectivity index (χ2n) is 8.71. The van der Waals surface area contributed by atoms with Gasteiger partial charge in [-0.3, -0.25) is 4.90 Å². The fourth-order valence-corrected chi connectivity index (χ4v) is 5.28. The van der Waals surface area contributed by atoms with Gasteiger partial charge >= 0.3 is 0 Å². The highest BCUT2D eigenvalue weighted by molar-refractivity contribution is 7.83. The monoisotopic (exact) mass is 484 g/mol. The van der Waals surface area contributed by atoms with Crippen molar-refractivity contribution in [2.75, 3.05) is 6.61 Å². The van der Waals surface area contributed by atoms with Crippen LogP contribution in [0.5, 0.6) is 0 Å². The highest BCUT2D eigenvalue weighted by Crippen LogP contribution is 2.26. The van der Waals surface area contributed by atoms with Gasteiger partial charge in [-0.25, -0.2) is 8.93 Å². The molecule has 4 aromatic carbocycles. The number of aryl methyl sites for hydroxylation is 1. The number of nitrogens with one attached hydrogen (secondary N) is 1. The molecule has 0 fully saturated rings. The van der Waals surface area contributed by atoms with Gasteiger partial charge in [0, 0.05) is 13.1 Å². The molecule has 5 heteroatoms. The molecule has 180 valence electrons. The summed E-state index contributed by atoms with van der Waals surface area (Å²) in [5.41, 5.74) is 4.43. The van der Waals surface area contributed by atoms with Crippen molar-refractivity contribution in [3.05, 3.63) is 138 Å². The van der Waals surface area contributed by atoms with Crippen molar-refractivity contribution >= 4 is 11.0 Å². The van der Waals surface area contributed by atoms with E-state index in [1.807, 2.05) is 97.9 Å². The molecule has 3 atom stereocenters. The molecule has 0 heterocycles. The van der Waals surface area contributed by atoms with E-state index in [4.69, 9.17) is 0 Å². The van der Waals surface area contributed by atoms with Gasteiger partial charge in [-0.15, -0.1) is 0 Å². The molecular formula is C30H32N2O2S. The normalized spacial score (nSPS) is 13.9. The van der Waals surface area contributed by atoms with E-state index in [0.717, 1.165) is 22.3 Å². The van der Waals surface area contributed by atoms with E-state index >= 15 is 0 Å². The molecule has 0 aliphatic heterocycles. The Bertz CT molecular complexity index is 1140. The number of hydrogen-bond donors (Lipinski definition) is 2. The zero-order valence-electron chi connectivity index (χ0n) is 20.0. The summed E-state index contributed by atoms with van der Waals surface area (Å²) < 4.78 is 16.7. The van der Waals surface area contributed by atoms with Crippen molar-refractivity contribution in [2.45, 2.75) is 37.0 Å². The molecule has 0 aliphatic carbocycles. The van der Waals surface area contributed by atoms with E-state index in [2.05, 4.69) is 33.9 Å². The first-order chi connectivity index (χ1) is 17.1. The Balaban J connectivity index is 1.68. The summed E-state index contributed by atoms with van der Waals surface area (Å²) in [7, 11) is -1.44. The van der Waals surface area contributed by atoms with Crippen molar-refractivity contribution < 1.29 is 9.32 Å². The van der Waals surface area contributed by atoms with Crippen molar-refractivity contribution in [3.8, 4) is 0 Å². The second kappa shape index (κ2) is 12.6. The summed E-state index contributed by atoms with van der Waals surface area (Å²) in [6.45, 7) is 3.24.